The van der Waals surface area contributed by atoms with Crippen LogP contribution in [0.15, 0.2) is 30.3 Å². The van der Waals surface area contributed by atoms with Gasteiger partial charge < -0.3 is 10.6 Å². The number of piperidine rings is 1. The van der Waals surface area contributed by atoms with Gasteiger partial charge in [-0.2, -0.15) is 0 Å². The fourth-order valence-corrected chi connectivity index (χ4v) is 4.05. The average Bonchev–Trinajstić information content (AvgIpc) is 3.00. The molecule has 1 atom stereocenters. The van der Waals surface area contributed by atoms with E-state index >= 15 is 0 Å². The molecule has 132 valence electrons. The number of benzene rings is 1. The molecule has 1 spiro atoms. The van der Waals surface area contributed by atoms with Gasteiger partial charge in [0.25, 0.3) is 0 Å². The molecule has 1 aromatic rings. The van der Waals surface area contributed by atoms with E-state index in [1.807, 2.05) is 18.7 Å². The Morgan fingerprint density at radius 3 is 2.38 bits per heavy atom. The Balaban J connectivity index is 1.52. The topological polar surface area (TPSA) is 49.6 Å². The highest BCUT2D eigenvalue weighted by molar-refractivity contribution is 5.82. The second-order valence-corrected chi connectivity index (χ2v) is 8.04. The smallest absolute Gasteiger partial charge is 0.239 e. The van der Waals surface area contributed by atoms with E-state index in [4.69, 9.17) is 5.73 Å². The van der Waals surface area contributed by atoms with E-state index in [9.17, 15) is 4.79 Å². The van der Waals surface area contributed by atoms with Gasteiger partial charge in [0.15, 0.2) is 0 Å². The van der Waals surface area contributed by atoms with Crippen LogP contribution >= 0.6 is 0 Å². The van der Waals surface area contributed by atoms with Crippen LogP contribution < -0.4 is 5.73 Å². The maximum Gasteiger partial charge on any atom is 0.239 e. The number of nitrogens with two attached hydrogens (primary N) is 1. The fraction of sp³-hybridized carbons (Fsp3) is 0.650. The van der Waals surface area contributed by atoms with Crippen LogP contribution in [0, 0.1) is 11.3 Å². The first-order valence-electron chi connectivity index (χ1n) is 9.30. The zero-order valence-electron chi connectivity index (χ0n) is 15.1. The SMILES string of the molecule is CC(C)[C@H](N)C(=O)N1CCC2(CCN(Cc3ccccc3)CC2)C1. The Kier molecular flexibility index (Phi) is 5.26. The highest BCUT2D eigenvalue weighted by atomic mass is 16.2. The lowest BCUT2D eigenvalue weighted by Gasteiger charge is -2.39. The summed E-state index contributed by atoms with van der Waals surface area (Å²) in [6.45, 7) is 9.15. The summed E-state index contributed by atoms with van der Waals surface area (Å²) in [6, 6.07) is 10.3. The normalized spacial score (nSPS) is 22.2. The Morgan fingerprint density at radius 2 is 1.75 bits per heavy atom. The molecule has 2 heterocycles. The maximum atomic E-state index is 12.5. The summed E-state index contributed by atoms with van der Waals surface area (Å²) in [5.41, 5.74) is 7.79. The number of hydrogen-bond donors (Lipinski definition) is 1. The molecule has 0 radical (unpaired) electrons. The quantitative estimate of drug-likeness (QED) is 0.923. The van der Waals surface area contributed by atoms with Crippen molar-refractivity contribution in [2.75, 3.05) is 26.2 Å². The molecule has 1 aromatic carbocycles. The molecule has 24 heavy (non-hydrogen) atoms. The molecule has 4 heteroatoms. The van der Waals surface area contributed by atoms with Crippen molar-refractivity contribution in [1.29, 1.82) is 0 Å². The first-order valence-corrected chi connectivity index (χ1v) is 9.30. The Morgan fingerprint density at radius 1 is 1.12 bits per heavy atom. The highest BCUT2D eigenvalue weighted by Crippen LogP contribution is 2.40. The van der Waals surface area contributed by atoms with Crippen molar-refractivity contribution < 1.29 is 4.79 Å². The Hall–Kier alpha value is -1.39. The maximum absolute atomic E-state index is 12.5. The van der Waals surface area contributed by atoms with Crippen LogP contribution in [-0.4, -0.2) is 47.9 Å². The van der Waals surface area contributed by atoms with Crippen molar-refractivity contribution in [3.8, 4) is 0 Å². The van der Waals surface area contributed by atoms with Gasteiger partial charge in [-0.25, -0.2) is 0 Å². The van der Waals surface area contributed by atoms with Crippen LogP contribution in [0.3, 0.4) is 0 Å². The van der Waals surface area contributed by atoms with Gasteiger partial charge in [-0.05, 0) is 49.2 Å². The lowest BCUT2D eigenvalue weighted by atomic mass is 9.77. The molecule has 4 nitrogen and oxygen atoms in total. The zero-order valence-corrected chi connectivity index (χ0v) is 15.1. The van der Waals surface area contributed by atoms with Crippen molar-refractivity contribution in [3.63, 3.8) is 0 Å². The summed E-state index contributed by atoms with van der Waals surface area (Å²) >= 11 is 0. The molecule has 0 unspecified atom stereocenters. The number of hydrogen-bond acceptors (Lipinski definition) is 3. The Labute approximate surface area is 146 Å². The second-order valence-electron chi connectivity index (χ2n) is 8.04. The minimum absolute atomic E-state index is 0.147. The summed E-state index contributed by atoms with van der Waals surface area (Å²) in [4.78, 5) is 17.1. The van der Waals surface area contributed by atoms with Crippen molar-refractivity contribution in [2.24, 2.45) is 17.1 Å². The summed E-state index contributed by atoms with van der Waals surface area (Å²) < 4.78 is 0. The molecule has 2 fully saturated rings. The van der Waals surface area contributed by atoms with Gasteiger partial charge in [0.1, 0.15) is 0 Å². The molecule has 2 aliphatic heterocycles. The van der Waals surface area contributed by atoms with Crippen LogP contribution in [-0.2, 0) is 11.3 Å². The van der Waals surface area contributed by atoms with E-state index in [0.717, 1.165) is 39.1 Å². The molecule has 0 bridgehead atoms. The largest absolute Gasteiger partial charge is 0.341 e. The predicted molar refractivity (Wildman–Crippen MR) is 97.4 cm³/mol. The molecule has 2 N–H and O–H groups in total. The molecule has 0 aliphatic carbocycles. The number of likely N-dealkylation sites (tertiary alicyclic amines) is 2. The van der Waals surface area contributed by atoms with Gasteiger partial charge in [-0.1, -0.05) is 44.2 Å². The fourth-order valence-electron chi connectivity index (χ4n) is 4.05. The monoisotopic (exact) mass is 329 g/mol. The molecule has 3 rings (SSSR count). The van der Waals surface area contributed by atoms with Gasteiger partial charge in [-0.3, -0.25) is 9.69 Å². The molecule has 0 saturated carbocycles. The number of nitrogens with zero attached hydrogens (tertiary/aromatic N) is 2. The number of rotatable bonds is 4. The van der Waals surface area contributed by atoms with E-state index in [1.165, 1.54) is 18.4 Å². The van der Waals surface area contributed by atoms with Crippen molar-refractivity contribution in [2.45, 2.75) is 45.7 Å². The molecular weight excluding hydrogens is 298 g/mol. The summed E-state index contributed by atoms with van der Waals surface area (Å²) in [6.07, 6.45) is 3.53. The number of carbonyl (C=O) groups is 1. The van der Waals surface area contributed by atoms with E-state index in [2.05, 4.69) is 35.2 Å². The van der Waals surface area contributed by atoms with E-state index in [1.54, 1.807) is 0 Å². The van der Waals surface area contributed by atoms with Crippen molar-refractivity contribution >= 4 is 5.91 Å². The second kappa shape index (κ2) is 7.24. The van der Waals surface area contributed by atoms with Gasteiger partial charge in [0.2, 0.25) is 5.91 Å². The third-order valence-corrected chi connectivity index (χ3v) is 5.92. The molecule has 1 amide bonds. The van der Waals surface area contributed by atoms with Gasteiger partial charge in [0, 0.05) is 19.6 Å². The van der Waals surface area contributed by atoms with Gasteiger partial charge >= 0.3 is 0 Å². The van der Waals surface area contributed by atoms with E-state index < -0.39 is 0 Å². The number of carbonyl (C=O) groups excluding carboxylic acids is 1. The summed E-state index contributed by atoms with van der Waals surface area (Å²) in [5, 5.41) is 0. The van der Waals surface area contributed by atoms with Crippen LogP contribution in [0.5, 0.6) is 0 Å². The minimum atomic E-state index is -0.349. The first kappa shape index (κ1) is 17.4. The third kappa shape index (κ3) is 3.81. The number of amides is 1. The van der Waals surface area contributed by atoms with Crippen LogP contribution in [0.1, 0.15) is 38.7 Å². The van der Waals surface area contributed by atoms with Crippen LogP contribution in [0.4, 0.5) is 0 Å². The third-order valence-electron chi connectivity index (χ3n) is 5.92. The molecular formula is C20H31N3O. The first-order chi connectivity index (χ1) is 11.5. The minimum Gasteiger partial charge on any atom is -0.341 e. The standard InChI is InChI=1S/C20H31N3O/c1-16(2)18(21)19(24)23-13-10-20(15-23)8-11-22(12-9-20)14-17-6-4-3-5-7-17/h3-7,16,18H,8-15,21H2,1-2H3/t18-/m0/s1. The highest BCUT2D eigenvalue weighted by Gasteiger charge is 2.42. The molecule has 0 aromatic heterocycles. The molecule has 2 aliphatic rings. The molecule has 2 saturated heterocycles. The lowest BCUT2D eigenvalue weighted by molar-refractivity contribution is -0.133. The van der Waals surface area contributed by atoms with Gasteiger partial charge in [-0.15, -0.1) is 0 Å². The van der Waals surface area contributed by atoms with E-state index in [-0.39, 0.29) is 17.9 Å². The predicted octanol–water partition coefficient (Wildman–Crippen LogP) is 2.48. The lowest BCUT2D eigenvalue weighted by Crippen LogP contribution is -2.47. The van der Waals surface area contributed by atoms with Crippen LogP contribution in [0.25, 0.3) is 0 Å². The van der Waals surface area contributed by atoms with Crippen molar-refractivity contribution in [3.05, 3.63) is 35.9 Å². The van der Waals surface area contributed by atoms with Crippen molar-refractivity contribution in [1.82, 2.24) is 9.80 Å². The van der Waals surface area contributed by atoms with Gasteiger partial charge in [0.05, 0.1) is 6.04 Å². The summed E-state index contributed by atoms with van der Waals surface area (Å²) in [5.74, 6) is 0.357. The Bertz CT molecular complexity index is 549. The summed E-state index contributed by atoms with van der Waals surface area (Å²) in [7, 11) is 0. The zero-order chi connectivity index (χ0) is 17.2. The average molecular weight is 329 g/mol. The van der Waals surface area contributed by atoms with Crippen LogP contribution in [0.2, 0.25) is 0 Å². The van der Waals surface area contributed by atoms with E-state index in [0.29, 0.717) is 5.41 Å².